The fourth-order valence-electron chi connectivity index (χ4n) is 4.61. The molecule has 0 saturated heterocycles. The molecule has 43 heavy (non-hydrogen) atoms. The first-order chi connectivity index (χ1) is 20.4. The third kappa shape index (κ3) is 7.35. The predicted octanol–water partition coefficient (Wildman–Crippen LogP) is 4.02. The first-order valence-electron chi connectivity index (χ1n) is 13.6. The summed E-state index contributed by atoms with van der Waals surface area (Å²) in [7, 11) is -1.05. The summed E-state index contributed by atoms with van der Waals surface area (Å²) in [5.74, 6) is -0.759. The van der Waals surface area contributed by atoms with Crippen molar-refractivity contribution in [3.05, 3.63) is 78.1 Å². The quantitative estimate of drug-likeness (QED) is 0.331. The van der Waals surface area contributed by atoms with Crippen LogP contribution in [0.15, 0.2) is 71.6 Å². The minimum Gasteiger partial charge on any atom is -0.497 e. The molecule has 230 valence electrons. The van der Waals surface area contributed by atoms with E-state index >= 15 is 0 Å². The van der Waals surface area contributed by atoms with Gasteiger partial charge in [-0.3, -0.25) is 9.52 Å². The van der Waals surface area contributed by atoms with Crippen LogP contribution in [0.3, 0.4) is 0 Å². The molecular formula is C30H35FN4O7S. The molecule has 3 N–H and O–H groups in total. The highest BCUT2D eigenvalue weighted by atomic mass is 32.2. The fraction of sp³-hybridized carbons (Fsp3) is 0.333. The van der Waals surface area contributed by atoms with E-state index in [-0.39, 0.29) is 47.5 Å². The van der Waals surface area contributed by atoms with Crippen molar-refractivity contribution < 1.29 is 37.0 Å². The number of sulfonamides is 1. The lowest BCUT2D eigenvalue weighted by Crippen LogP contribution is -2.50. The molecule has 1 aliphatic rings. The highest BCUT2D eigenvalue weighted by Crippen LogP contribution is 2.36. The van der Waals surface area contributed by atoms with Crippen LogP contribution in [0.25, 0.3) is 0 Å². The molecule has 1 aliphatic heterocycles. The first-order valence-corrected chi connectivity index (χ1v) is 15.1. The molecule has 1 heterocycles. The van der Waals surface area contributed by atoms with E-state index in [4.69, 9.17) is 9.47 Å². The van der Waals surface area contributed by atoms with Gasteiger partial charge in [0.2, 0.25) is 0 Å². The van der Waals surface area contributed by atoms with E-state index in [0.717, 1.165) is 24.3 Å². The second kappa shape index (κ2) is 13.3. The van der Waals surface area contributed by atoms with E-state index in [1.807, 2.05) is 6.92 Å². The second-order valence-corrected chi connectivity index (χ2v) is 12.1. The van der Waals surface area contributed by atoms with Crippen LogP contribution < -0.4 is 19.5 Å². The molecule has 11 nitrogen and oxygen atoms in total. The van der Waals surface area contributed by atoms with Gasteiger partial charge in [-0.15, -0.1) is 0 Å². The Bertz CT molecular complexity index is 1550. The van der Waals surface area contributed by atoms with E-state index in [1.165, 1.54) is 28.0 Å². The number of hydrogen-bond acceptors (Lipinski definition) is 7. The number of halogens is 1. The van der Waals surface area contributed by atoms with Gasteiger partial charge in [-0.1, -0.05) is 13.0 Å². The zero-order valence-corrected chi connectivity index (χ0v) is 25.1. The third-order valence-electron chi connectivity index (χ3n) is 7.20. The number of para-hydroxylation sites is 1. The van der Waals surface area contributed by atoms with Gasteiger partial charge in [0.05, 0.1) is 42.4 Å². The number of nitrogens with zero attached hydrogens (tertiary/aromatic N) is 2. The van der Waals surface area contributed by atoms with Crippen LogP contribution in [0.4, 0.5) is 20.6 Å². The van der Waals surface area contributed by atoms with Gasteiger partial charge in [0.1, 0.15) is 17.7 Å². The fourth-order valence-corrected chi connectivity index (χ4v) is 5.67. The Labute approximate surface area is 250 Å². The number of aliphatic hydroxyl groups is 1. The van der Waals surface area contributed by atoms with Crippen LogP contribution in [0.1, 0.15) is 24.2 Å². The van der Waals surface area contributed by atoms with Gasteiger partial charge in [0, 0.05) is 25.2 Å². The lowest BCUT2D eigenvalue weighted by Gasteiger charge is -2.38. The van der Waals surface area contributed by atoms with Crippen molar-refractivity contribution in [1.82, 2.24) is 9.80 Å². The van der Waals surface area contributed by atoms with Crippen molar-refractivity contribution in [2.45, 2.75) is 30.9 Å². The number of amides is 3. The molecule has 3 aromatic carbocycles. The van der Waals surface area contributed by atoms with Crippen LogP contribution >= 0.6 is 0 Å². The molecular weight excluding hydrogens is 579 g/mol. The minimum absolute atomic E-state index is 0.00351. The maximum absolute atomic E-state index is 13.7. The van der Waals surface area contributed by atoms with E-state index in [2.05, 4.69) is 10.0 Å². The Morgan fingerprint density at radius 1 is 1.16 bits per heavy atom. The summed E-state index contributed by atoms with van der Waals surface area (Å²) < 4.78 is 53.8. The Hall–Kier alpha value is -4.36. The highest BCUT2D eigenvalue weighted by Gasteiger charge is 2.35. The SMILES string of the molecule is COc1ccc(NC(=O)N(C)C[C@H]2Oc3c(NS(=O)(=O)c4ccc(F)cc4)cccc3C(=O)N([C@@H](C)CO)C[C@@H]2C)cc1. The maximum atomic E-state index is 13.7. The summed E-state index contributed by atoms with van der Waals surface area (Å²) in [4.78, 5) is 29.5. The van der Waals surface area contributed by atoms with Gasteiger partial charge < -0.3 is 29.7 Å². The number of carbonyl (C=O) groups is 2. The Kier molecular flexibility index (Phi) is 9.77. The molecule has 0 unspecified atom stereocenters. The molecule has 13 heteroatoms. The van der Waals surface area contributed by atoms with Crippen molar-refractivity contribution in [3.8, 4) is 11.5 Å². The number of urea groups is 1. The van der Waals surface area contributed by atoms with Gasteiger partial charge in [0.15, 0.2) is 5.75 Å². The summed E-state index contributed by atoms with van der Waals surface area (Å²) in [5, 5.41) is 12.7. The molecule has 3 atom stereocenters. The summed E-state index contributed by atoms with van der Waals surface area (Å²) in [5.41, 5.74) is 0.638. The number of rotatable bonds is 9. The number of anilines is 2. The van der Waals surface area contributed by atoms with E-state index in [9.17, 15) is 27.5 Å². The number of benzene rings is 3. The van der Waals surface area contributed by atoms with Gasteiger partial charge in [-0.05, 0) is 67.6 Å². The average Bonchev–Trinajstić information content (AvgIpc) is 2.99. The standard InChI is InChI=1S/C30H35FN4O7S/c1-19-16-35(20(2)18-36)29(37)25-6-5-7-26(33-43(39,40)24-14-8-21(31)9-15-24)28(25)42-27(19)17-34(3)30(38)32-22-10-12-23(41-4)13-11-22/h5-15,19-20,27,33,36H,16-18H2,1-4H3,(H,32,38)/t19-,20-,27+/m0/s1. The average molecular weight is 615 g/mol. The molecule has 4 rings (SSSR count). The van der Waals surface area contributed by atoms with Gasteiger partial charge in [0.25, 0.3) is 15.9 Å². The van der Waals surface area contributed by atoms with E-state index in [1.54, 1.807) is 45.3 Å². The molecule has 0 fully saturated rings. The Balaban J connectivity index is 1.66. The number of hydrogen-bond donors (Lipinski definition) is 3. The summed E-state index contributed by atoms with van der Waals surface area (Å²) in [6, 6.07) is 14.7. The van der Waals surface area contributed by atoms with Crippen molar-refractivity contribution in [2.24, 2.45) is 5.92 Å². The van der Waals surface area contributed by atoms with Gasteiger partial charge >= 0.3 is 6.03 Å². The topological polar surface area (TPSA) is 138 Å². The molecule has 0 aromatic heterocycles. The highest BCUT2D eigenvalue weighted by molar-refractivity contribution is 7.92. The van der Waals surface area contributed by atoms with E-state index in [0.29, 0.717) is 11.4 Å². The zero-order chi connectivity index (χ0) is 31.3. The van der Waals surface area contributed by atoms with Crippen LogP contribution in [-0.2, 0) is 10.0 Å². The Morgan fingerprint density at radius 2 is 1.84 bits per heavy atom. The number of likely N-dealkylation sites (N-methyl/N-ethyl adjacent to an activating group) is 1. The number of aliphatic hydroxyl groups excluding tert-OH is 1. The number of ether oxygens (including phenoxy) is 2. The van der Waals surface area contributed by atoms with Crippen LogP contribution in [0.5, 0.6) is 11.5 Å². The maximum Gasteiger partial charge on any atom is 0.321 e. The van der Waals surface area contributed by atoms with Crippen molar-refractivity contribution in [1.29, 1.82) is 0 Å². The van der Waals surface area contributed by atoms with Gasteiger partial charge in [-0.2, -0.15) is 0 Å². The lowest BCUT2D eigenvalue weighted by molar-refractivity contribution is 0.0373. The summed E-state index contributed by atoms with van der Waals surface area (Å²) >= 11 is 0. The van der Waals surface area contributed by atoms with Crippen molar-refractivity contribution >= 4 is 33.3 Å². The number of fused-ring (bicyclic) bond motifs is 1. The smallest absolute Gasteiger partial charge is 0.321 e. The van der Waals surface area contributed by atoms with Crippen LogP contribution in [0, 0.1) is 11.7 Å². The molecule has 0 bridgehead atoms. The largest absolute Gasteiger partial charge is 0.497 e. The number of nitrogens with one attached hydrogen (secondary N) is 2. The zero-order valence-electron chi connectivity index (χ0n) is 24.3. The predicted molar refractivity (Wildman–Crippen MR) is 159 cm³/mol. The second-order valence-electron chi connectivity index (χ2n) is 10.4. The molecule has 3 amide bonds. The van der Waals surface area contributed by atoms with Gasteiger partial charge in [-0.25, -0.2) is 17.6 Å². The minimum atomic E-state index is -4.19. The van der Waals surface area contributed by atoms with Crippen molar-refractivity contribution in [3.63, 3.8) is 0 Å². The normalized spacial score (nSPS) is 17.5. The molecule has 3 aromatic rings. The molecule has 0 spiro atoms. The molecule has 0 aliphatic carbocycles. The number of carbonyl (C=O) groups excluding carboxylic acids is 2. The molecule has 0 saturated carbocycles. The van der Waals surface area contributed by atoms with Crippen LogP contribution in [-0.4, -0.2) is 81.3 Å². The number of methoxy groups -OCH3 is 1. The third-order valence-corrected chi connectivity index (χ3v) is 8.58. The first kappa shape index (κ1) is 31.6. The van der Waals surface area contributed by atoms with Crippen LogP contribution in [0.2, 0.25) is 0 Å². The summed E-state index contributed by atoms with van der Waals surface area (Å²) in [6.07, 6.45) is -0.691. The van der Waals surface area contributed by atoms with E-state index < -0.39 is 39.9 Å². The molecule has 0 radical (unpaired) electrons. The van der Waals surface area contributed by atoms with Crippen molar-refractivity contribution in [2.75, 3.05) is 43.9 Å². The Morgan fingerprint density at radius 3 is 2.47 bits per heavy atom. The lowest BCUT2D eigenvalue weighted by atomic mass is 9.99. The summed E-state index contributed by atoms with van der Waals surface area (Å²) in [6.45, 7) is 3.56. The monoisotopic (exact) mass is 614 g/mol.